The standard InChI is InChI=1S/C27H29NO3/c1-18(2)16-27(20-11-7-4-8-12-20)24-17-28(14-13-21(24)26(30)31-27)25(29)23-15-22(23)19-9-5-3-6-10-19/h3-12,18,22-23H,13-17H2,1-2H3/t22-,23-,27?/m1/s1. The maximum atomic E-state index is 13.4. The van der Waals surface area contributed by atoms with Crippen LogP contribution >= 0.6 is 0 Å². The molecule has 1 saturated carbocycles. The van der Waals surface area contributed by atoms with Gasteiger partial charge in [0.25, 0.3) is 0 Å². The molecule has 0 aromatic heterocycles. The summed E-state index contributed by atoms with van der Waals surface area (Å²) in [5.41, 5.74) is 3.27. The van der Waals surface area contributed by atoms with E-state index < -0.39 is 5.60 Å². The summed E-state index contributed by atoms with van der Waals surface area (Å²) < 4.78 is 6.14. The highest BCUT2D eigenvalue weighted by Gasteiger charge is 2.52. The highest BCUT2D eigenvalue weighted by Crippen LogP contribution is 2.51. The zero-order chi connectivity index (χ0) is 21.6. The number of ether oxygens (including phenoxy) is 1. The van der Waals surface area contributed by atoms with Crippen LogP contribution < -0.4 is 0 Å². The second-order valence-electron chi connectivity index (χ2n) is 9.51. The lowest BCUT2D eigenvalue weighted by Crippen LogP contribution is -2.42. The third kappa shape index (κ3) is 3.48. The zero-order valence-corrected chi connectivity index (χ0v) is 18.2. The molecule has 1 amide bonds. The Morgan fingerprint density at radius 1 is 1.10 bits per heavy atom. The highest BCUT2D eigenvalue weighted by atomic mass is 16.6. The monoisotopic (exact) mass is 415 g/mol. The lowest BCUT2D eigenvalue weighted by molar-refractivity contribution is -0.149. The first-order chi connectivity index (χ1) is 15.0. The smallest absolute Gasteiger partial charge is 0.335 e. The maximum absolute atomic E-state index is 13.4. The number of carbonyl (C=O) groups is 2. The third-order valence-corrected chi connectivity index (χ3v) is 6.93. The molecule has 4 heteroatoms. The Kier molecular flexibility index (Phi) is 4.96. The van der Waals surface area contributed by atoms with E-state index in [1.807, 2.05) is 53.4 Å². The lowest BCUT2D eigenvalue weighted by atomic mass is 9.77. The van der Waals surface area contributed by atoms with Crippen LogP contribution in [-0.4, -0.2) is 29.9 Å². The van der Waals surface area contributed by atoms with Crippen molar-refractivity contribution < 1.29 is 14.3 Å². The van der Waals surface area contributed by atoms with Crippen LogP contribution in [-0.2, 0) is 19.9 Å². The molecule has 2 aromatic rings. The molecule has 4 nitrogen and oxygen atoms in total. The molecular weight excluding hydrogens is 386 g/mol. The summed E-state index contributed by atoms with van der Waals surface area (Å²) in [6.45, 7) is 5.38. The molecule has 0 bridgehead atoms. The van der Waals surface area contributed by atoms with Gasteiger partial charge in [0.05, 0.1) is 0 Å². The van der Waals surface area contributed by atoms with E-state index in [1.54, 1.807) is 0 Å². The van der Waals surface area contributed by atoms with Crippen LogP contribution in [0.3, 0.4) is 0 Å². The Bertz CT molecular complexity index is 1030. The molecule has 3 atom stereocenters. The van der Waals surface area contributed by atoms with Gasteiger partial charge in [-0.15, -0.1) is 0 Å². The molecule has 1 unspecified atom stereocenters. The molecule has 0 N–H and O–H groups in total. The van der Waals surface area contributed by atoms with Crippen molar-refractivity contribution in [3.05, 3.63) is 82.9 Å². The zero-order valence-electron chi connectivity index (χ0n) is 18.2. The molecular formula is C27H29NO3. The molecule has 2 aromatic carbocycles. The molecule has 0 spiro atoms. The Labute approximate surface area is 183 Å². The third-order valence-electron chi connectivity index (χ3n) is 6.93. The van der Waals surface area contributed by atoms with Crippen molar-refractivity contribution in [1.82, 2.24) is 4.90 Å². The molecule has 160 valence electrons. The first-order valence-electron chi connectivity index (χ1n) is 11.3. The van der Waals surface area contributed by atoms with Crippen LogP contribution in [0, 0.1) is 11.8 Å². The van der Waals surface area contributed by atoms with Gasteiger partial charge in [0.15, 0.2) is 5.60 Å². The number of hydrogen-bond acceptors (Lipinski definition) is 3. The number of amides is 1. The van der Waals surface area contributed by atoms with Gasteiger partial charge in [-0.25, -0.2) is 4.79 Å². The van der Waals surface area contributed by atoms with Crippen molar-refractivity contribution in [2.75, 3.05) is 13.1 Å². The minimum atomic E-state index is -0.761. The van der Waals surface area contributed by atoms with Gasteiger partial charge in [0.1, 0.15) is 0 Å². The first kappa shape index (κ1) is 20.0. The van der Waals surface area contributed by atoms with Crippen molar-refractivity contribution in [3.8, 4) is 0 Å². The SMILES string of the molecule is CC(C)CC1(c2ccccc2)OC(=O)C2=C1CN(C(=O)[C@@H]1C[C@@H]1c1ccccc1)CC2. The Hall–Kier alpha value is -2.88. The molecule has 0 radical (unpaired) electrons. The minimum absolute atomic E-state index is 0.0544. The van der Waals surface area contributed by atoms with Crippen LogP contribution in [0.1, 0.15) is 50.2 Å². The normalized spacial score (nSPS) is 27.3. The van der Waals surface area contributed by atoms with Gasteiger partial charge in [0, 0.05) is 30.2 Å². The average Bonchev–Trinajstić information content (AvgIpc) is 3.54. The summed E-state index contributed by atoms with van der Waals surface area (Å²) in [4.78, 5) is 28.2. The summed E-state index contributed by atoms with van der Waals surface area (Å²) in [7, 11) is 0. The maximum Gasteiger partial charge on any atom is 0.335 e. The van der Waals surface area contributed by atoms with Gasteiger partial charge < -0.3 is 9.64 Å². The summed E-state index contributed by atoms with van der Waals surface area (Å²) in [6, 6.07) is 20.3. The number of benzene rings is 2. The Morgan fingerprint density at radius 2 is 1.77 bits per heavy atom. The number of hydrogen-bond donors (Lipinski definition) is 0. The predicted octanol–water partition coefficient (Wildman–Crippen LogP) is 4.82. The van der Waals surface area contributed by atoms with Gasteiger partial charge in [0.2, 0.25) is 5.91 Å². The molecule has 0 saturated heterocycles. The minimum Gasteiger partial charge on any atom is -0.446 e. The second kappa shape index (κ2) is 7.67. The Morgan fingerprint density at radius 3 is 2.45 bits per heavy atom. The van der Waals surface area contributed by atoms with Crippen molar-refractivity contribution >= 4 is 11.9 Å². The van der Waals surface area contributed by atoms with Crippen molar-refractivity contribution in [1.29, 1.82) is 0 Å². The van der Waals surface area contributed by atoms with E-state index >= 15 is 0 Å². The topological polar surface area (TPSA) is 46.6 Å². The van der Waals surface area contributed by atoms with Crippen LogP contribution in [0.2, 0.25) is 0 Å². The fraction of sp³-hybridized carbons (Fsp3) is 0.407. The summed E-state index contributed by atoms with van der Waals surface area (Å²) in [5, 5.41) is 0. The number of carbonyl (C=O) groups excluding carboxylic acids is 2. The second-order valence-corrected chi connectivity index (χ2v) is 9.51. The van der Waals surface area contributed by atoms with E-state index in [2.05, 4.69) is 26.0 Å². The van der Waals surface area contributed by atoms with Crippen LogP contribution in [0.4, 0.5) is 0 Å². The van der Waals surface area contributed by atoms with Crippen molar-refractivity contribution in [2.24, 2.45) is 11.8 Å². The molecule has 1 aliphatic carbocycles. The van der Waals surface area contributed by atoms with E-state index in [0.717, 1.165) is 29.6 Å². The number of cyclic esters (lactones) is 1. The van der Waals surface area contributed by atoms with E-state index in [4.69, 9.17) is 4.74 Å². The average molecular weight is 416 g/mol. The van der Waals surface area contributed by atoms with Crippen LogP contribution in [0.15, 0.2) is 71.8 Å². The fourth-order valence-electron chi connectivity index (χ4n) is 5.40. The predicted molar refractivity (Wildman–Crippen MR) is 119 cm³/mol. The summed E-state index contributed by atoms with van der Waals surface area (Å²) in [6.07, 6.45) is 2.21. The van der Waals surface area contributed by atoms with Gasteiger partial charge in [-0.1, -0.05) is 74.5 Å². The number of nitrogens with zero attached hydrogens (tertiary/aromatic N) is 1. The van der Waals surface area contributed by atoms with E-state index in [9.17, 15) is 9.59 Å². The molecule has 31 heavy (non-hydrogen) atoms. The molecule has 1 fully saturated rings. The van der Waals surface area contributed by atoms with E-state index in [0.29, 0.717) is 31.3 Å². The van der Waals surface area contributed by atoms with Gasteiger partial charge in [-0.2, -0.15) is 0 Å². The molecule has 2 aliphatic heterocycles. The largest absolute Gasteiger partial charge is 0.446 e. The van der Waals surface area contributed by atoms with Crippen molar-refractivity contribution in [2.45, 2.75) is 44.6 Å². The number of rotatable bonds is 5. The van der Waals surface area contributed by atoms with Crippen molar-refractivity contribution in [3.63, 3.8) is 0 Å². The van der Waals surface area contributed by atoms with E-state index in [-0.39, 0.29) is 17.8 Å². The van der Waals surface area contributed by atoms with E-state index in [1.165, 1.54) is 5.56 Å². The van der Waals surface area contributed by atoms with Crippen LogP contribution in [0.25, 0.3) is 0 Å². The van der Waals surface area contributed by atoms with Gasteiger partial charge in [-0.05, 0) is 42.2 Å². The highest BCUT2D eigenvalue weighted by molar-refractivity contribution is 5.94. The number of esters is 1. The van der Waals surface area contributed by atoms with Gasteiger partial charge in [-0.3, -0.25) is 4.79 Å². The summed E-state index contributed by atoms with van der Waals surface area (Å²) in [5.74, 6) is 0.724. The molecule has 3 aliphatic rings. The van der Waals surface area contributed by atoms with Crippen LogP contribution in [0.5, 0.6) is 0 Å². The fourth-order valence-corrected chi connectivity index (χ4v) is 5.40. The van der Waals surface area contributed by atoms with Gasteiger partial charge >= 0.3 is 5.97 Å². The Balaban J connectivity index is 1.42. The quantitative estimate of drug-likeness (QED) is 0.658. The first-order valence-corrected chi connectivity index (χ1v) is 11.3. The molecule has 5 rings (SSSR count). The molecule has 2 heterocycles. The lowest BCUT2D eigenvalue weighted by Gasteiger charge is -2.37. The summed E-state index contributed by atoms with van der Waals surface area (Å²) >= 11 is 0.